The molecule has 0 aliphatic rings. The fraction of sp³-hybridized carbons (Fsp3) is 0.533. The third kappa shape index (κ3) is 5.11. The molecule has 0 aliphatic carbocycles. The van der Waals surface area contributed by atoms with E-state index >= 15 is 0 Å². The Morgan fingerprint density at radius 3 is 2.63 bits per heavy atom. The predicted octanol–water partition coefficient (Wildman–Crippen LogP) is 4.01. The summed E-state index contributed by atoms with van der Waals surface area (Å²) in [5.41, 5.74) is 6.69. The first-order chi connectivity index (χ1) is 9.08. The third-order valence-corrected chi connectivity index (χ3v) is 3.43. The molecule has 1 amide bonds. The van der Waals surface area contributed by atoms with Gasteiger partial charge in [-0.3, -0.25) is 4.79 Å². The first kappa shape index (κ1) is 15.8. The number of nitrogen functional groups attached to an aromatic ring is 1. The lowest BCUT2D eigenvalue weighted by Crippen LogP contribution is -2.34. The molecular weight excluding hydrogens is 260 g/mol. The van der Waals surface area contributed by atoms with Gasteiger partial charge in [-0.25, -0.2) is 0 Å². The lowest BCUT2D eigenvalue weighted by molar-refractivity contribution is 0.0932. The smallest absolute Gasteiger partial charge is 0.253 e. The summed E-state index contributed by atoms with van der Waals surface area (Å²) < 4.78 is 0. The zero-order valence-corrected chi connectivity index (χ0v) is 12.5. The molecule has 1 rings (SSSR count). The normalized spacial score (nSPS) is 12.2. The van der Waals surface area contributed by atoms with Crippen LogP contribution < -0.4 is 11.1 Å². The molecule has 0 fully saturated rings. The number of nitrogens with one attached hydrogen (secondary N) is 1. The second kappa shape index (κ2) is 8.05. The highest BCUT2D eigenvalue weighted by Gasteiger charge is 2.15. The number of hydrogen-bond acceptors (Lipinski definition) is 2. The molecule has 0 heterocycles. The molecular formula is C15H23ClN2O. The van der Waals surface area contributed by atoms with E-state index in [1.54, 1.807) is 18.2 Å². The van der Waals surface area contributed by atoms with Crippen LogP contribution in [0.1, 0.15) is 56.3 Å². The molecule has 0 saturated heterocycles. The minimum atomic E-state index is -0.112. The molecule has 3 nitrogen and oxygen atoms in total. The van der Waals surface area contributed by atoms with E-state index in [2.05, 4.69) is 19.2 Å². The number of amides is 1. The van der Waals surface area contributed by atoms with Gasteiger partial charge in [-0.2, -0.15) is 0 Å². The van der Waals surface area contributed by atoms with Gasteiger partial charge in [-0.05, 0) is 31.0 Å². The number of nitrogens with two attached hydrogens (primary N) is 1. The molecule has 0 aromatic heterocycles. The first-order valence-corrected chi connectivity index (χ1v) is 7.32. The Bertz CT molecular complexity index is 421. The number of rotatable bonds is 7. The lowest BCUT2D eigenvalue weighted by Gasteiger charge is -2.18. The molecule has 1 atom stereocenters. The van der Waals surface area contributed by atoms with Crippen LogP contribution in [0.15, 0.2) is 18.2 Å². The molecule has 0 spiro atoms. The van der Waals surface area contributed by atoms with Crippen molar-refractivity contribution in [3.63, 3.8) is 0 Å². The number of anilines is 1. The highest BCUT2D eigenvalue weighted by molar-refractivity contribution is 6.34. The Morgan fingerprint density at radius 2 is 2.05 bits per heavy atom. The molecule has 1 aromatic rings. The Balaban J connectivity index is 2.69. The lowest BCUT2D eigenvalue weighted by atomic mass is 10.0. The van der Waals surface area contributed by atoms with E-state index in [0.29, 0.717) is 16.3 Å². The third-order valence-electron chi connectivity index (χ3n) is 3.12. The van der Waals surface area contributed by atoms with Crippen molar-refractivity contribution >= 4 is 23.2 Å². The number of hydrogen-bond donors (Lipinski definition) is 2. The average molecular weight is 283 g/mol. The van der Waals surface area contributed by atoms with Crippen molar-refractivity contribution in [3.05, 3.63) is 28.8 Å². The minimum Gasteiger partial charge on any atom is -0.399 e. The standard InChI is InChI=1S/C15H23ClN2O/c1-3-5-7-12(6-4-2)18-15(19)13-9-8-11(17)10-14(13)16/h8-10,12H,3-7,17H2,1-2H3,(H,18,19). The van der Waals surface area contributed by atoms with Crippen LogP contribution >= 0.6 is 11.6 Å². The van der Waals surface area contributed by atoms with Gasteiger partial charge in [0.1, 0.15) is 0 Å². The molecule has 1 aromatic carbocycles. The number of carbonyl (C=O) groups excluding carboxylic acids is 1. The van der Waals surface area contributed by atoms with E-state index in [0.717, 1.165) is 32.1 Å². The van der Waals surface area contributed by atoms with Gasteiger partial charge in [0, 0.05) is 11.7 Å². The second-order valence-corrected chi connectivity index (χ2v) is 5.25. The van der Waals surface area contributed by atoms with Gasteiger partial charge in [0.05, 0.1) is 10.6 Å². The van der Waals surface area contributed by atoms with Crippen LogP contribution in [-0.2, 0) is 0 Å². The van der Waals surface area contributed by atoms with Gasteiger partial charge in [-0.15, -0.1) is 0 Å². The van der Waals surface area contributed by atoms with Crippen molar-refractivity contribution in [1.82, 2.24) is 5.32 Å². The molecule has 0 bridgehead atoms. The van der Waals surface area contributed by atoms with Gasteiger partial charge in [0.2, 0.25) is 0 Å². The molecule has 0 saturated carbocycles. The summed E-state index contributed by atoms with van der Waals surface area (Å²) in [7, 11) is 0. The Labute approximate surface area is 120 Å². The van der Waals surface area contributed by atoms with Gasteiger partial charge < -0.3 is 11.1 Å². The van der Waals surface area contributed by atoms with Crippen LogP contribution in [0.5, 0.6) is 0 Å². The van der Waals surface area contributed by atoms with Gasteiger partial charge >= 0.3 is 0 Å². The van der Waals surface area contributed by atoms with Crippen molar-refractivity contribution in [1.29, 1.82) is 0 Å². The summed E-state index contributed by atoms with van der Waals surface area (Å²) in [6, 6.07) is 5.21. The molecule has 106 valence electrons. The van der Waals surface area contributed by atoms with E-state index < -0.39 is 0 Å². The van der Waals surface area contributed by atoms with Crippen molar-refractivity contribution in [2.45, 2.75) is 52.0 Å². The van der Waals surface area contributed by atoms with Crippen LogP contribution in [0.25, 0.3) is 0 Å². The number of benzene rings is 1. The van der Waals surface area contributed by atoms with Gasteiger partial charge in [0.15, 0.2) is 0 Å². The summed E-state index contributed by atoms with van der Waals surface area (Å²) in [5.74, 6) is -0.112. The summed E-state index contributed by atoms with van der Waals surface area (Å²) in [6.45, 7) is 4.28. The quantitative estimate of drug-likeness (QED) is 0.743. The Morgan fingerprint density at radius 1 is 1.32 bits per heavy atom. The topological polar surface area (TPSA) is 55.1 Å². The number of unbranched alkanes of at least 4 members (excludes halogenated alkanes) is 1. The molecule has 0 aliphatic heterocycles. The fourth-order valence-corrected chi connectivity index (χ4v) is 2.34. The van der Waals surface area contributed by atoms with Crippen LogP contribution in [0.3, 0.4) is 0 Å². The zero-order chi connectivity index (χ0) is 14.3. The molecule has 1 unspecified atom stereocenters. The summed E-state index contributed by atoms with van der Waals surface area (Å²) >= 11 is 6.05. The summed E-state index contributed by atoms with van der Waals surface area (Å²) in [5, 5.41) is 3.47. The average Bonchev–Trinajstić information content (AvgIpc) is 2.36. The van der Waals surface area contributed by atoms with Crippen LogP contribution in [0.4, 0.5) is 5.69 Å². The summed E-state index contributed by atoms with van der Waals surface area (Å²) in [6.07, 6.45) is 5.34. The van der Waals surface area contributed by atoms with E-state index in [4.69, 9.17) is 17.3 Å². The fourth-order valence-electron chi connectivity index (χ4n) is 2.07. The Hall–Kier alpha value is -1.22. The highest BCUT2D eigenvalue weighted by Crippen LogP contribution is 2.19. The van der Waals surface area contributed by atoms with Gasteiger partial charge in [0.25, 0.3) is 5.91 Å². The predicted molar refractivity (Wildman–Crippen MR) is 81.6 cm³/mol. The van der Waals surface area contributed by atoms with E-state index in [9.17, 15) is 4.79 Å². The van der Waals surface area contributed by atoms with E-state index in [-0.39, 0.29) is 11.9 Å². The maximum absolute atomic E-state index is 12.2. The van der Waals surface area contributed by atoms with E-state index in [1.807, 2.05) is 0 Å². The molecule has 3 N–H and O–H groups in total. The number of carbonyl (C=O) groups is 1. The van der Waals surface area contributed by atoms with Crippen LogP contribution in [0, 0.1) is 0 Å². The maximum atomic E-state index is 12.2. The maximum Gasteiger partial charge on any atom is 0.253 e. The van der Waals surface area contributed by atoms with Gasteiger partial charge in [-0.1, -0.05) is 44.7 Å². The molecule has 0 radical (unpaired) electrons. The summed E-state index contributed by atoms with van der Waals surface area (Å²) in [4.78, 5) is 12.2. The van der Waals surface area contributed by atoms with Crippen LogP contribution in [0.2, 0.25) is 5.02 Å². The molecule has 4 heteroatoms. The van der Waals surface area contributed by atoms with Crippen LogP contribution in [-0.4, -0.2) is 11.9 Å². The van der Waals surface area contributed by atoms with Crippen molar-refractivity contribution in [2.24, 2.45) is 0 Å². The monoisotopic (exact) mass is 282 g/mol. The number of halogens is 1. The minimum absolute atomic E-state index is 0.112. The largest absolute Gasteiger partial charge is 0.399 e. The first-order valence-electron chi connectivity index (χ1n) is 6.94. The molecule has 19 heavy (non-hydrogen) atoms. The highest BCUT2D eigenvalue weighted by atomic mass is 35.5. The Kier molecular flexibility index (Phi) is 6.71. The SMILES string of the molecule is CCCCC(CCC)NC(=O)c1ccc(N)cc1Cl. The second-order valence-electron chi connectivity index (χ2n) is 4.84. The zero-order valence-electron chi connectivity index (χ0n) is 11.7. The van der Waals surface area contributed by atoms with Crippen molar-refractivity contribution in [3.8, 4) is 0 Å². The van der Waals surface area contributed by atoms with Crippen molar-refractivity contribution < 1.29 is 4.79 Å². The van der Waals surface area contributed by atoms with Crippen molar-refractivity contribution in [2.75, 3.05) is 5.73 Å². The van der Waals surface area contributed by atoms with E-state index in [1.165, 1.54) is 0 Å².